The Morgan fingerprint density at radius 2 is 1.75 bits per heavy atom. The van der Waals surface area contributed by atoms with Gasteiger partial charge in [0.2, 0.25) is 5.91 Å². The molecule has 0 atom stereocenters. The van der Waals surface area contributed by atoms with Crippen molar-refractivity contribution in [3.63, 3.8) is 0 Å². The molecule has 0 N–H and O–H groups in total. The second-order valence-corrected chi connectivity index (χ2v) is 8.01. The number of hydrogen-bond donors (Lipinski definition) is 0. The Morgan fingerprint density at radius 3 is 2.50 bits per heavy atom. The lowest BCUT2D eigenvalue weighted by molar-refractivity contribution is -0.118. The van der Waals surface area contributed by atoms with Crippen LogP contribution in [0.5, 0.6) is 0 Å². The van der Waals surface area contributed by atoms with Gasteiger partial charge in [-0.3, -0.25) is 4.79 Å². The van der Waals surface area contributed by atoms with Crippen LogP contribution >= 0.6 is 0 Å². The van der Waals surface area contributed by atoms with Crippen LogP contribution in [-0.4, -0.2) is 37.0 Å². The molecule has 1 aliphatic heterocycles. The Balaban J connectivity index is 1.31. The summed E-state index contributed by atoms with van der Waals surface area (Å²) in [6, 6.07) is 18.9. The summed E-state index contributed by atoms with van der Waals surface area (Å²) < 4.78 is 0. The van der Waals surface area contributed by atoms with Gasteiger partial charge in [-0.25, -0.2) is 0 Å². The predicted octanol–water partition coefficient (Wildman–Crippen LogP) is 4.88. The fourth-order valence-electron chi connectivity index (χ4n) is 4.70. The maximum atomic E-state index is 12.4. The number of hydrogen-bond acceptors (Lipinski definition) is 2. The van der Waals surface area contributed by atoms with E-state index in [1.54, 1.807) is 0 Å². The highest BCUT2D eigenvalue weighted by Crippen LogP contribution is 2.43. The minimum Gasteiger partial charge on any atom is -0.312 e. The summed E-state index contributed by atoms with van der Waals surface area (Å²) in [6.07, 6.45) is 8.69. The number of rotatable bonds is 6. The highest BCUT2D eigenvalue weighted by Gasteiger charge is 2.37. The smallest absolute Gasteiger partial charge is 0.226 e. The third-order valence-corrected chi connectivity index (χ3v) is 6.35. The average molecular weight is 375 g/mol. The van der Waals surface area contributed by atoms with Crippen LogP contribution in [0.15, 0.2) is 60.7 Å². The molecule has 4 rings (SSSR count). The summed E-state index contributed by atoms with van der Waals surface area (Å²) in [5, 5.41) is 0. The van der Waals surface area contributed by atoms with E-state index in [1.165, 1.54) is 24.0 Å². The van der Waals surface area contributed by atoms with Crippen molar-refractivity contribution in [2.45, 2.75) is 38.0 Å². The van der Waals surface area contributed by atoms with E-state index >= 15 is 0 Å². The zero-order valence-electron chi connectivity index (χ0n) is 16.8. The molecule has 3 heteroatoms. The van der Waals surface area contributed by atoms with E-state index in [-0.39, 0.29) is 11.3 Å². The molecule has 2 aliphatic rings. The molecule has 1 spiro atoms. The van der Waals surface area contributed by atoms with Gasteiger partial charge in [-0.15, -0.1) is 0 Å². The van der Waals surface area contributed by atoms with E-state index in [1.807, 2.05) is 42.2 Å². The molecule has 0 bridgehead atoms. The molecule has 28 heavy (non-hydrogen) atoms. The fourth-order valence-corrected chi connectivity index (χ4v) is 4.70. The minimum atomic E-state index is 0.205. The summed E-state index contributed by atoms with van der Waals surface area (Å²) in [7, 11) is 0. The molecule has 0 saturated carbocycles. The highest BCUT2D eigenvalue weighted by molar-refractivity contribution is 5.93. The van der Waals surface area contributed by atoms with Crippen LogP contribution in [-0.2, 0) is 10.2 Å². The standard InChI is InChI=1S/C25H30N2O/c1-2-24(28)27(22-10-4-3-5-11-22)18-8-17-26-19-15-25(16-20-26)14-13-21-9-6-7-12-23(21)25/h3-7,9-14H,2,8,15-20H2,1H3. The van der Waals surface area contributed by atoms with Gasteiger partial charge >= 0.3 is 0 Å². The van der Waals surface area contributed by atoms with Crippen LogP contribution in [0, 0.1) is 0 Å². The Morgan fingerprint density at radius 1 is 1.04 bits per heavy atom. The Bertz CT molecular complexity index is 835. The number of nitrogens with zero attached hydrogens (tertiary/aromatic N) is 2. The van der Waals surface area contributed by atoms with Crippen molar-refractivity contribution in [2.24, 2.45) is 0 Å². The van der Waals surface area contributed by atoms with Crippen molar-refractivity contribution in [2.75, 3.05) is 31.1 Å². The van der Waals surface area contributed by atoms with Crippen LogP contribution < -0.4 is 4.90 Å². The molecule has 0 radical (unpaired) electrons. The number of fused-ring (bicyclic) bond motifs is 2. The SMILES string of the molecule is CCC(=O)N(CCCN1CCC2(C=Cc3ccccc32)CC1)c1ccccc1. The first-order valence-electron chi connectivity index (χ1n) is 10.6. The van der Waals surface area contributed by atoms with Crippen molar-refractivity contribution in [3.05, 3.63) is 71.8 Å². The van der Waals surface area contributed by atoms with Crippen LogP contribution in [0.3, 0.4) is 0 Å². The minimum absolute atomic E-state index is 0.205. The monoisotopic (exact) mass is 374 g/mol. The summed E-state index contributed by atoms with van der Waals surface area (Å²) in [5.41, 5.74) is 4.17. The number of allylic oxidation sites excluding steroid dienone is 1. The van der Waals surface area contributed by atoms with Crippen molar-refractivity contribution in [1.82, 2.24) is 4.90 Å². The molecule has 1 saturated heterocycles. The van der Waals surface area contributed by atoms with Gasteiger partial charge in [0.25, 0.3) is 0 Å². The lowest BCUT2D eigenvalue weighted by atomic mass is 9.74. The van der Waals surface area contributed by atoms with Crippen LogP contribution in [0.4, 0.5) is 5.69 Å². The van der Waals surface area contributed by atoms with Gasteiger partial charge in [0.1, 0.15) is 0 Å². The van der Waals surface area contributed by atoms with Gasteiger partial charge in [0, 0.05) is 24.1 Å². The maximum Gasteiger partial charge on any atom is 0.226 e. The van der Waals surface area contributed by atoms with Gasteiger partial charge in [0.15, 0.2) is 0 Å². The largest absolute Gasteiger partial charge is 0.312 e. The van der Waals surface area contributed by atoms with E-state index in [0.29, 0.717) is 6.42 Å². The van der Waals surface area contributed by atoms with Crippen molar-refractivity contribution in [1.29, 1.82) is 0 Å². The fraction of sp³-hybridized carbons (Fsp3) is 0.400. The topological polar surface area (TPSA) is 23.6 Å². The Kier molecular flexibility index (Phi) is 5.63. The molecular weight excluding hydrogens is 344 g/mol. The van der Waals surface area contributed by atoms with Crippen molar-refractivity contribution < 1.29 is 4.79 Å². The van der Waals surface area contributed by atoms with E-state index < -0.39 is 0 Å². The predicted molar refractivity (Wildman–Crippen MR) is 117 cm³/mol. The Labute approximate surface area is 168 Å². The van der Waals surface area contributed by atoms with Gasteiger partial charge in [0.05, 0.1) is 0 Å². The number of para-hydroxylation sites is 1. The normalized spacial score (nSPS) is 17.6. The lowest BCUT2D eigenvalue weighted by Crippen LogP contribution is -2.42. The van der Waals surface area contributed by atoms with Crippen LogP contribution in [0.25, 0.3) is 6.08 Å². The lowest BCUT2D eigenvalue weighted by Gasteiger charge is -2.39. The number of carbonyl (C=O) groups excluding carboxylic acids is 1. The summed E-state index contributed by atoms with van der Waals surface area (Å²) in [4.78, 5) is 16.9. The van der Waals surface area contributed by atoms with Crippen molar-refractivity contribution >= 4 is 17.7 Å². The molecule has 2 aromatic carbocycles. The highest BCUT2D eigenvalue weighted by atomic mass is 16.2. The van der Waals surface area contributed by atoms with Gasteiger partial charge < -0.3 is 9.80 Å². The van der Waals surface area contributed by atoms with Crippen LogP contribution in [0.1, 0.15) is 43.7 Å². The number of benzene rings is 2. The van der Waals surface area contributed by atoms with E-state index in [0.717, 1.165) is 38.3 Å². The number of likely N-dealkylation sites (tertiary alicyclic amines) is 1. The maximum absolute atomic E-state index is 12.4. The van der Waals surface area contributed by atoms with Gasteiger partial charge in [-0.05, 0) is 62.2 Å². The molecule has 146 valence electrons. The number of carbonyl (C=O) groups is 1. The first kappa shape index (κ1) is 18.9. The Hall–Kier alpha value is -2.39. The molecule has 0 aromatic heterocycles. The third-order valence-electron chi connectivity index (χ3n) is 6.35. The first-order valence-corrected chi connectivity index (χ1v) is 10.6. The van der Waals surface area contributed by atoms with Gasteiger partial charge in [-0.2, -0.15) is 0 Å². The van der Waals surface area contributed by atoms with E-state index in [9.17, 15) is 4.79 Å². The second kappa shape index (κ2) is 8.32. The zero-order chi connectivity index (χ0) is 19.4. The van der Waals surface area contributed by atoms with Crippen LogP contribution in [0.2, 0.25) is 0 Å². The second-order valence-electron chi connectivity index (χ2n) is 8.01. The summed E-state index contributed by atoms with van der Waals surface area (Å²) in [5.74, 6) is 0.205. The molecule has 1 amide bonds. The molecule has 1 heterocycles. The quantitative estimate of drug-likeness (QED) is 0.719. The number of anilines is 1. The number of amides is 1. The third kappa shape index (κ3) is 3.77. The number of piperidine rings is 1. The first-order chi connectivity index (χ1) is 13.7. The molecule has 2 aromatic rings. The molecule has 3 nitrogen and oxygen atoms in total. The molecular formula is C25H30N2O. The van der Waals surface area contributed by atoms with Gasteiger partial charge in [-0.1, -0.05) is 61.5 Å². The molecule has 1 fully saturated rings. The van der Waals surface area contributed by atoms with Crippen molar-refractivity contribution in [3.8, 4) is 0 Å². The summed E-state index contributed by atoms with van der Waals surface area (Å²) >= 11 is 0. The molecule has 0 unspecified atom stereocenters. The average Bonchev–Trinajstić information content (AvgIpc) is 3.11. The van der Waals surface area contributed by atoms with E-state index in [4.69, 9.17) is 0 Å². The molecule has 1 aliphatic carbocycles. The van der Waals surface area contributed by atoms with E-state index in [2.05, 4.69) is 41.3 Å². The summed E-state index contributed by atoms with van der Waals surface area (Å²) in [6.45, 7) is 6.05. The zero-order valence-corrected chi connectivity index (χ0v) is 16.8.